The predicted molar refractivity (Wildman–Crippen MR) is 58.6 cm³/mol. The number of carbonyl (C=O) groups excluding carboxylic acids is 1. The van der Waals surface area contributed by atoms with Crippen LogP contribution in [0.5, 0.6) is 0 Å². The van der Waals surface area contributed by atoms with Gasteiger partial charge in [0, 0.05) is 32.0 Å². The zero-order valence-electron chi connectivity index (χ0n) is 9.48. The van der Waals surface area contributed by atoms with Crippen LogP contribution in [-0.2, 0) is 4.79 Å². The lowest BCUT2D eigenvalue weighted by Gasteiger charge is -2.36. The first kappa shape index (κ1) is 11.1. The lowest BCUT2D eigenvalue weighted by atomic mass is 9.81. The Morgan fingerprint density at radius 3 is 2.87 bits per heavy atom. The van der Waals surface area contributed by atoms with Crippen molar-refractivity contribution in [3.05, 3.63) is 0 Å². The van der Waals surface area contributed by atoms with E-state index in [2.05, 4.69) is 11.8 Å². The molecule has 3 heteroatoms. The summed E-state index contributed by atoms with van der Waals surface area (Å²) < 4.78 is 0. The normalized spacial score (nSPS) is 38.5. The Morgan fingerprint density at radius 1 is 1.47 bits per heavy atom. The van der Waals surface area contributed by atoms with Gasteiger partial charge in [-0.25, -0.2) is 0 Å². The largest absolute Gasteiger partial charge is 0.392 e. The van der Waals surface area contributed by atoms with Gasteiger partial charge in [-0.15, -0.1) is 0 Å². The number of hydrogen-bond donors (Lipinski definition) is 1. The number of rotatable bonds is 2. The smallest absolute Gasteiger partial charge is 0.134 e. The monoisotopic (exact) mass is 211 g/mol. The fraction of sp³-hybridized carbons (Fsp3) is 0.917. The maximum absolute atomic E-state index is 11.5. The molecule has 1 saturated carbocycles. The molecule has 0 amide bonds. The third-order valence-electron chi connectivity index (χ3n) is 3.96. The summed E-state index contributed by atoms with van der Waals surface area (Å²) in [6, 6.07) is 0.411. The Bertz CT molecular complexity index is 242. The first-order valence-corrected chi connectivity index (χ1v) is 6.14. The van der Waals surface area contributed by atoms with E-state index < -0.39 is 0 Å². The highest BCUT2D eigenvalue weighted by atomic mass is 16.3. The van der Waals surface area contributed by atoms with Gasteiger partial charge >= 0.3 is 0 Å². The molecule has 2 rings (SSSR count). The first-order chi connectivity index (χ1) is 7.20. The molecule has 2 fully saturated rings. The standard InChI is InChI=1S/C12H21NO2/c1-2-9-3-4-10(14)7-12(9)13-6-5-11(15)8-13/h9,11-12,15H,2-8H2,1H3. The summed E-state index contributed by atoms with van der Waals surface area (Å²) in [4.78, 5) is 13.8. The van der Waals surface area contributed by atoms with Crippen LogP contribution in [0.4, 0.5) is 0 Å². The Morgan fingerprint density at radius 2 is 2.27 bits per heavy atom. The zero-order chi connectivity index (χ0) is 10.8. The minimum Gasteiger partial charge on any atom is -0.392 e. The van der Waals surface area contributed by atoms with E-state index in [1.54, 1.807) is 0 Å². The summed E-state index contributed by atoms with van der Waals surface area (Å²) in [7, 11) is 0. The molecule has 2 aliphatic rings. The molecule has 3 unspecified atom stereocenters. The molecule has 1 aliphatic heterocycles. The molecule has 0 bridgehead atoms. The fourth-order valence-corrected chi connectivity index (χ4v) is 3.01. The minimum atomic E-state index is -0.167. The van der Waals surface area contributed by atoms with E-state index in [1.807, 2.05) is 0 Å². The molecule has 1 saturated heterocycles. The Kier molecular flexibility index (Phi) is 3.42. The molecule has 86 valence electrons. The Balaban J connectivity index is 2.00. The molecular formula is C12H21NO2. The highest BCUT2D eigenvalue weighted by molar-refractivity contribution is 5.79. The highest BCUT2D eigenvalue weighted by Crippen LogP contribution is 2.30. The van der Waals surface area contributed by atoms with E-state index in [0.717, 1.165) is 38.8 Å². The maximum atomic E-state index is 11.5. The highest BCUT2D eigenvalue weighted by Gasteiger charge is 2.35. The number of ketones is 1. The predicted octanol–water partition coefficient (Wildman–Crippen LogP) is 1.20. The quantitative estimate of drug-likeness (QED) is 0.746. The lowest BCUT2D eigenvalue weighted by molar-refractivity contribution is -0.123. The zero-order valence-corrected chi connectivity index (χ0v) is 9.48. The van der Waals surface area contributed by atoms with Crippen LogP contribution in [0.3, 0.4) is 0 Å². The second-order valence-electron chi connectivity index (χ2n) is 4.95. The van der Waals surface area contributed by atoms with Gasteiger partial charge in [-0.05, 0) is 18.8 Å². The summed E-state index contributed by atoms with van der Waals surface area (Å²) in [6.07, 6.45) is 4.40. The first-order valence-electron chi connectivity index (χ1n) is 6.14. The number of Topliss-reactive ketones (excluding diaryl/α,β-unsaturated/α-hetero) is 1. The van der Waals surface area contributed by atoms with E-state index in [9.17, 15) is 9.90 Å². The van der Waals surface area contributed by atoms with E-state index in [0.29, 0.717) is 24.2 Å². The molecule has 3 nitrogen and oxygen atoms in total. The summed E-state index contributed by atoms with van der Waals surface area (Å²) in [5.74, 6) is 1.07. The van der Waals surface area contributed by atoms with Crippen LogP contribution in [0.2, 0.25) is 0 Å². The van der Waals surface area contributed by atoms with Crippen molar-refractivity contribution in [2.45, 2.75) is 51.2 Å². The molecule has 3 atom stereocenters. The maximum Gasteiger partial charge on any atom is 0.134 e. The van der Waals surface area contributed by atoms with Crippen molar-refractivity contribution in [3.63, 3.8) is 0 Å². The van der Waals surface area contributed by atoms with Crippen molar-refractivity contribution in [3.8, 4) is 0 Å². The van der Waals surface area contributed by atoms with Crippen LogP contribution in [0.15, 0.2) is 0 Å². The molecule has 1 heterocycles. The Labute approximate surface area is 91.5 Å². The van der Waals surface area contributed by atoms with Crippen molar-refractivity contribution < 1.29 is 9.90 Å². The van der Waals surface area contributed by atoms with Gasteiger partial charge in [0.15, 0.2) is 0 Å². The van der Waals surface area contributed by atoms with Crippen molar-refractivity contribution in [1.82, 2.24) is 4.90 Å². The van der Waals surface area contributed by atoms with E-state index in [1.165, 1.54) is 0 Å². The SMILES string of the molecule is CCC1CCC(=O)CC1N1CCC(O)C1. The lowest BCUT2D eigenvalue weighted by Crippen LogP contribution is -2.43. The van der Waals surface area contributed by atoms with E-state index in [-0.39, 0.29) is 6.10 Å². The van der Waals surface area contributed by atoms with Crippen LogP contribution >= 0.6 is 0 Å². The van der Waals surface area contributed by atoms with Crippen LogP contribution in [0.25, 0.3) is 0 Å². The topological polar surface area (TPSA) is 40.5 Å². The minimum absolute atomic E-state index is 0.167. The average Bonchev–Trinajstić information content (AvgIpc) is 2.65. The number of likely N-dealkylation sites (tertiary alicyclic amines) is 1. The van der Waals surface area contributed by atoms with Crippen molar-refractivity contribution >= 4 is 5.78 Å². The van der Waals surface area contributed by atoms with Crippen molar-refractivity contribution in [2.75, 3.05) is 13.1 Å². The van der Waals surface area contributed by atoms with Gasteiger partial charge in [0.2, 0.25) is 0 Å². The van der Waals surface area contributed by atoms with E-state index >= 15 is 0 Å². The van der Waals surface area contributed by atoms with Gasteiger partial charge in [-0.3, -0.25) is 9.69 Å². The summed E-state index contributed by atoms with van der Waals surface area (Å²) >= 11 is 0. The van der Waals surface area contributed by atoms with Crippen molar-refractivity contribution in [1.29, 1.82) is 0 Å². The Hall–Kier alpha value is -0.410. The third-order valence-corrected chi connectivity index (χ3v) is 3.96. The fourth-order valence-electron chi connectivity index (χ4n) is 3.01. The van der Waals surface area contributed by atoms with Gasteiger partial charge in [-0.2, -0.15) is 0 Å². The average molecular weight is 211 g/mol. The number of aliphatic hydroxyl groups is 1. The summed E-state index contributed by atoms with van der Waals surface area (Å²) in [5.41, 5.74) is 0. The number of carbonyl (C=O) groups is 1. The summed E-state index contributed by atoms with van der Waals surface area (Å²) in [5, 5.41) is 9.53. The molecule has 0 aromatic carbocycles. The second-order valence-corrected chi connectivity index (χ2v) is 4.95. The molecule has 0 spiro atoms. The molecule has 0 aromatic heterocycles. The molecule has 1 aliphatic carbocycles. The molecule has 15 heavy (non-hydrogen) atoms. The number of aliphatic hydroxyl groups excluding tert-OH is 1. The molecule has 1 N–H and O–H groups in total. The number of hydrogen-bond acceptors (Lipinski definition) is 3. The van der Waals surface area contributed by atoms with E-state index in [4.69, 9.17) is 0 Å². The van der Waals surface area contributed by atoms with Crippen LogP contribution < -0.4 is 0 Å². The van der Waals surface area contributed by atoms with Crippen LogP contribution in [0, 0.1) is 5.92 Å². The molecule has 0 radical (unpaired) electrons. The van der Waals surface area contributed by atoms with Gasteiger partial charge in [-0.1, -0.05) is 13.3 Å². The number of β-amino-alcohol motifs (C(OH)–C–C–N with tert-alkyl or cyclic N) is 1. The van der Waals surface area contributed by atoms with Gasteiger partial charge in [0.05, 0.1) is 6.10 Å². The second kappa shape index (κ2) is 4.62. The van der Waals surface area contributed by atoms with Gasteiger partial charge in [0.25, 0.3) is 0 Å². The van der Waals surface area contributed by atoms with Gasteiger partial charge in [0.1, 0.15) is 5.78 Å². The van der Waals surface area contributed by atoms with Crippen LogP contribution in [0.1, 0.15) is 39.0 Å². The molecular weight excluding hydrogens is 190 g/mol. The third kappa shape index (κ3) is 2.40. The molecule has 0 aromatic rings. The van der Waals surface area contributed by atoms with Crippen molar-refractivity contribution in [2.24, 2.45) is 5.92 Å². The number of nitrogens with zero attached hydrogens (tertiary/aromatic N) is 1. The van der Waals surface area contributed by atoms with Gasteiger partial charge < -0.3 is 5.11 Å². The van der Waals surface area contributed by atoms with Crippen LogP contribution in [-0.4, -0.2) is 41.0 Å². The summed E-state index contributed by atoms with van der Waals surface area (Å²) in [6.45, 7) is 3.95.